The molecule has 0 aromatic heterocycles. The molecule has 1 saturated carbocycles. The molecule has 4 nitrogen and oxygen atoms in total. The summed E-state index contributed by atoms with van der Waals surface area (Å²) in [6, 6.07) is 10.9. The molecule has 0 spiro atoms. The van der Waals surface area contributed by atoms with E-state index in [9.17, 15) is 15.0 Å². The maximum absolute atomic E-state index is 11.4. The standard InChI is InChI=1S/C17H18O4/c18-16(19)14-9-12-5-1-2-6-13(12)10-15(14)21-11-17(20)7-3-4-8-17/h1-2,5-6,9-10,20H,3-4,7-8,11H2,(H,18,19). The van der Waals surface area contributed by atoms with Crippen molar-refractivity contribution < 1.29 is 19.7 Å². The van der Waals surface area contributed by atoms with Gasteiger partial charge in [-0.25, -0.2) is 4.79 Å². The number of hydrogen-bond acceptors (Lipinski definition) is 3. The topological polar surface area (TPSA) is 66.8 Å². The summed E-state index contributed by atoms with van der Waals surface area (Å²) < 4.78 is 5.66. The van der Waals surface area contributed by atoms with E-state index in [0.717, 1.165) is 23.6 Å². The quantitative estimate of drug-likeness (QED) is 0.905. The van der Waals surface area contributed by atoms with Crippen LogP contribution in [0.15, 0.2) is 36.4 Å². The second kappa shape index (κ2) is 5.37. The number of carboxylic acid groups (broad SMARTS) is 1. The van der Waals surface area contributed by atoms with Crippen LogP contribution < -0.4 is 4.74 Å². The van der Waals surface area contributed by atoms with E-state index in [4.69, 9.17) is 4.74 Å². The van der Waals surface area contributed by atoms with E-state index in [2.05, 4.69) is 0 Å². The summed E-state index contributed by atoms with van der Waals surface area (Å²) in [6.45, 7) is 0.144. The van der Waals surface area contributed by atoms with E-state index < -0.39 is 11.6 Å². The van der Waals surface area contributed by atoms with Crippen molar-refractivity contribution in [1.29, 1.82) is 0 Å². The number of rotatable bonds is 4. The monoisotopic (exact) mass is 286 g/mol. The molecule has 0 unspecified atom stereocenters. The molecule has 0 heterocycles. The molecule has 21 heavy (non-hydrogen) atoms. The Morgan fingerprint density at radius 3 is 2.38 bits per heavy atom. The van der Waals surface area contributed by atoms with Crippen LogP contribution in [-0.2, 0) is 0 Å². The Labute approximate surface area is 123 Å². The van der Waals surface area contributed by atoms with Gasteiger partial charge in [-0.1, -0.05) is 37.1 Å². The zero-order chi connectivity index (χ0) is 14.9. The van der Waals surface area contributed by atoms with E-state index in [-0.39, 0.29) is 12.2 Å². The van der Waals surface area contributed by atoms with Crippen molar-refractivity contribution in [2.24, 2.45) is 0 Å². The van der Waals surface area contributed by atoms with Gasteiger partial charge in [0.2, 0.25) is 0 Å². The highest BCUT2D eigenvalue weighted by Crippen LogP contribution is 2.32. The molecule has 0 amide bonds. The first-order valence-corrected chi connectivity index (χ1v) is 7.19. The molecule has 0 atom stereocenters. The third-order valence-corrected chi connectivity index (χ3v) is 4.11. The van der Waals surface area contributed by atoms with Crippen molar-refractivity contribution in [3.8, 4) is 5.75 Å². The van der Waals surface area contributed by atoms with E-state index in [1.54, 1.807) is 12.1 Å². The van der Waals surface area contributed by atoms with Gasteiger partial charge < -0.3 is 14.9 Å². The van der Waals surface area contributed by atoms with Crippen LogP contribution in [0.3, 0.4) is 0 Å². The average molecular weight is 286 g/mol. The SMILES string of the molecule is O=C(O)c1cc2ccccc2cc1OCC1(O)CCCC1. The molecule has 2 N–H and O–H groups in total. The van der Waals surface area contributed by atoms with E-state index in [1.807, 2.05) is 24.3 Å². The van der Waals surface area contributed by atoms with Gasteiger partial charge in [0.15, 0.2) is 0 Å². The number of fused-ring (bicyclic) bond motifs is 1. The molecule has 2 aromatic rings. The maximum atomic E-state index is 11.4. The Hall–Kier alpha value is -2.07. The predicted molar refractivity (Wildman–Crippen MR) is 79.8 cm³/mol. The van der Waals surface area contributed by atoms with Gasteiger partial charge >= 0.3 is 5.97 Å². The largest absolute Gasteiger partial charge is 0.490 e. The minimum atomic E-state index is -1.02. The van der Waals surface area contributed by atoms with Gasteiger partial charge in [0.1, 0.15) is 17.9 Å². The van der Waals surface area contributed by atoms with Gasteiger partial charge in [-0.05, 0) is 35.7 Å². The van der Waals surface area contributed by atoms with Crippen molar-refractivity contribution in [1.82, 2.24) is 0 Å². The molecular formula is C17H18O4. The van der Waals surface area contributed by atoms with Crippen molar-refractivity contribution >= 4 is 16.7 Å². The highest BCUT2D eigenvalue weighted by atomic mass is 16.5. The smallest absolute Gasteiger partial charge is 0.339 e. The Balaban J connectivity index is 1.92. The van der Waals surface area contributed by atoms with Crippen LogP contribution in [0.25, 0.3) is 10.8 Å². The lowest BCUT2D eigenvalue weighted by molar-refractivity contribution is 0.000949. The van der Waals surface area contributed by atoms with Crippen LogP contribution in [0.1, 0.15) is 36.0 Å². The number of aliphatic hydroxyl groups is 1. The second-order valence-corrected chi connectivity index (χ2v) is 5.72. The second-order valence-electron chi connectivity index (χ2n) is 5.72. The van der Waals surface area contributed by atoms with E-state index in [1.165, 1.54) is 0 Å². The summed E-state index contributed by atoms with van der Waals surface area (Å²) in [6.07, 6.45) is 3.40. The fourth-order valence-electron chi connectivity index (χ4n) is 2.90. The minimum absolute atomic E-state index is 0.135. The minimum Gasteiger partial charge on any atom is -0.490 e. The fourth-order valence-corrected chi connectivity index (χ4v) is 2.90. The van der Waals surface area contributed by atoms with Crippen molar-refractivity contribution in [2.45, 2.75) is 31.3 Å². The third-order valence-electron chi connectivity index (χ3n) is 4.11. The summed E-state index contributed by atoms with van der Waals surface area (Å²) in [7, 11) is 0. The lowest BCUT2D eigenvalue weighted by Gasteiger charge is -2.23. The molecule has 0 radical (unpaired) electrons. The summed E-state index contributed by atoms with van der Waals surface area (Å²) in [5.74, 6) is -0.698. The molecule has 1 aliphatic rings. The van der Waals surface area contributed by atoms with Crippen LogP contribution in [0.5, 0.6) is 5.75 Å². The normalized spacial score (nSPS) is 17.0. The third kappa shape index (κ3) is 2.85. The number of carboxylic acids is 1. The number of aromatic carboxylic acids is 1. The van der Waals surface area contributed by atoms with Crippen molar-refractivity contribution in [2.75, 3.05) is 6.61 Å². The van der Waals surface area contributed by atoms with Crippen LogP contribution in [0.2, 0.25) is 0 Å². The first-order valence-electron chi connectivity index (χ1n) is 7.19. The molecule has 1 aliphatic carbocycles. The van der Waals surface area contributed by atoms with Gasteiger partial charge in [0.25, 0.3) is 0 Å². The van der Waals surface area contributed by atoms with Crippen LogP contribution in [0, 0.1) is 0 Å². The number of ether oxygens (including phenoxy) is 1. The first kappa shape index (κ1) is 13.9. The fraction of sp³-hybridized carbons (Fsp3) is 0.353. The first-order chi connectivity index (χ1) is 10.1. The summed E-state index contributed by atoms with van der Waals surface area (Å²) in [5, 5.41) is 21.5. The predicted octanol–water partition coefficient (Wildman–Crippen LogP) is 3.22. The highest BCUT2D eigenvalue weighted by Gasteiger charge is 2.32. The summed E-state index contributed by atoms with van der Waals surface area (Å²) in [5.41, 5.74) is -0.684. The van der Waals surface area contributed by atoms with Gasteiger partial charge in [-0.2, -0.15) is 0 Å². The molecular weight excluding hydrogens is 268 g/mol. The van der Waals surface area contributed by atoms with Crippen LogP contribution in [0.4, 0.5) is 0 Å². The molecule has 0 aliphatic heterocycles. The van der Waals surface area contributed by atoms with E-state index in [0.29, 0.717) is 18.6 Å². The molecule has 110 valence electrons. The molecule has 0 bridgehead atoms. The summed E-state index contributed by atoms with van der Waals surface area (Å²) >= 11 is 0. The zero-order valence-electron chi connectivity index (χ0n) is 11.7. The Bertz CT molecular complexity index is 672. The lowest BCUT2D eigenvalue weighted by atomic mass is 10.0. The zero-order valence-corrected chi connectivity index (χ0v) is 11.7. The van der Waals surface area contributed by atoms with Crippen LogP contribution >= 0.6 is 0 Å². The Kier molecular flexibility index (Phi) is 3.55. The lowest BCUT2D eigenvalue weighted by Crippen LogP contribution is -2.32. The van der Waals surface area contributed by atoms with Crippen molar-refractivity contribution in [3.05, 3.63) is 42.0 Å². The number of hydrogen-bond donors (Lipinski definition) is 2. The maximum Gasteiger partial charge on any atom is 0.339 e. The average Bonchev–Trinajstić information content (AvgIpc) is 2.91. The summed E-state index contributed by atoms with van der Waals surface area (Å²) in [4.78, 5) is 11.4. The van der Waals surface area contributed by atoms with Gasteiger partial charge in [-0.15, -0.1) is 0 Å². The number of carbonyl (C=O) groups is 1. The number of benzene rings is 2. The van der Waals surface area contributed by atoms with Gasteiger partial charge in [0.05, 0.1) is 5.60 Å². The highest BCUT2D eigenvalue weighted by molar-refractivity contribution is 5.97. The molecule has 2 aromatic carbocycles. The Morgan fingerprint density at radius 2 is 1.76 bits per heavy atom. The molecule has 4 heteroatoms. The van der Waals surface area contributed by atoms with E-state index >= 15 is 0 Å². The van der Waals surface area contributed by atoms with Crippen LogP contribution in [-0.4, -0.2) is 28.4 Å². The molecule has 1 fully saturated rings. The van der Waals surface area contributed by atoms with Gasteiger partial charge in [0, 0.05) is 0 Å². The molecule has 3 rings (SSSR count). The van der Waals surface area contributed by atoms with Crippen molar-refractivity contribution in [3.63, 3.8) is 0 Å². The van der Waals surface area contributed by atoms with Gasteiger partial charge in [-0.3, -0.25) is 0 Å². The molecule has 0 saturated heterocycles. The Morgan fingerprint density at radius 1 is 1.14 bits per heavy atom.